The summed E-state index contributed by atoms with van der Waals surface area (Å²) < 4.78 is 5.26. The molecule has 0 atom stereocenters. The molecule has 1 N–H and O–H groups in total. The number of ether oxygens (including phenoxy) is 1. The van der Waals surface area contributed by atoms with E-state index in [1.54, 1.807) is 0 Å². The van der Waals surface area contributed by atoms with Gasteiger partial charge < -0.3 is 10.1 Å². The van der Waals surface area contributed by atoms with Gasteiger partial charge in [-0.3, -0.25) is 4.90 Å². The lowest BCUT2D eigenvalue weighted by Crippen LogP contribution is -2.59. The van der Waals surface area contributed by atoms with Gasteiger partial charge in [0.25, 0.3) is 0 Å². The maximum Gasteiger partial charge on any atom is 0.0594 e. The van der Waals surface area contributed by atoms with Crippen molar-refractivity contribution in [1.82, 2.24) is 10.2 Å². The summed E-state index contributed by atoms with van der Waals surface area (Å²) in [5.41, 5.74) is 0. The Morgan fingerprint density at radius 2 is 1.82 bits per heavy atom. The predicted molar refractivity (Wildman–Crippen MR) is 45.8 cm³/mol. The smallest absolute Gasteiger partial charge is 0.0594 e. The molecule has 0 unspecified atom stereocenters. The van der Waals surface area contributed by atoms with E-state index in [0.29, 0.717) is 0 Å². The molecule has 3 heteroatoms. The fraction of sp³-hybridized carbons (Fsp3) is 1.00. The number of nitrogens with one attached hydrogen (secondary N) is 1. The van der Waals surface area contributed by atoms with Gasteiger partial charge in [0.15, 0.2) is 0 Å². The summed E-state index contributed by atoms with van der Waals surface area (Å²) >= 11 is 0. The van der Waals surface area contributed by atoms with Crippen molar-refractivity contribution < 1.29 is 4.74 Å². The molecular formula is C8H18N2O. The Hall–Kier alpha value is -0.120. The van der Waals surface area contributed by atoms with E-state index in [0.717, 1.165) is 32.3 Å². The van der Waals surface area contributed by atoms with E-state index in [4.69, 9.17) is 4.74 Å². The number of nitrogens with zero attached hydrogens (tertiary/aromatic N) is 1. The molecule has 0 aromatic carbocycles. The van der Waals surface area contributed by atoms with E-state index < -0.39 is 0 Å². The Kier molecular flexibility index (Phi) is 3.30. The third-order valence-corrected chi connectivity index (χ3v) is 2.32. The molecule has 0 spiro atoms. The van der Waals surface area contributed by atoms with Crippen LogP contribution in [-0.2, 0) is 4.74 Å². The van der Waals surface area contributed by atoms with Gasteiger partial charge >= 0.3 is 0 Å². The van der Waals surface area contributed by atoms with Crippen molar-refractivity contribution in [1.29, 1.82) is 0 Å². The van der Waals surface area contributed by atoms with Crippen molar-refractivity contribution in [3.8, 4) is 0 Å². The highest BCUT2D eigenvalue weighted by molar-refractivity contribution is 4.85. The molecule has 2 aliphatic heterocycles. The Balaban J connectivity index is 0.000000605. The second-order valence-electron chi connectivity index (χ2n) is 2.96. The standard InChI is InChI=1S/C7H14N2O.CH4/c1-3-10-4-2-9(1)7-5-8-6-7;/h7-8H,1-6H2;1H4. The van der Waals surface area contributed by atoms with Crippen molar-refractivity contribution in [2.24, 2.45) is 0 Å². The van der Waals surface area contributed by atoms with Gasteiger partial charge in [0.05, 0.1) is 13.2 Å². The zero-order valence-corrected chi connectivity index (χ0v) is 6.18. The monoisotopic (exact) mass is 158 g/mol. The van der Waals surface area contributed by atoms with E-state index in [2.05, 4.69) is 10.2 Å². The molecule has 0 radical (unpaired) electrons. The minimum absolute atomic E-state index is 0. The fourth-order valence-corrected chi connectivity index (χ4v) is 1.47. The summed E-state index contributed by atoms with van der Waals surface area (Å²) in [5.74, 6) is 0. The molecule has 2 heterocycles. The first-order valence-electron chi connectivity index (χ1n) is 3.99. The van der Waals surface area contributed by atoms with Crippen molar-refractivity contribution in [3.63, 3.8) is 0 Å². The van der Waals surface area contributed by atoms with Gasteiger partial charge in [-0.2, -0.15) is 0 Å². The van der Waals surface area contributed by atoms with Crippen LogP contribution in [0.5, 0.6) is 0 Å². The van der Waals surface area contributed by atoms with Crippen LogP contribution in [0.3, 0.4) is 0 Å². The largest absolute Gasteiger partial charge is 0.379 e. The first-order chi connectivity index (χ1) is 4.97. The zero-order chi connectivity index (χ0) is 6.81. The van der Waals surface area contributed by atoms with Crippen LogP contribution in [0.1, 0.15) is 7.43 Å². The molecule has 0 aromatic rings. The first-order valence-corrected chi connectivity index (χ1v) is 3.99. The summed E-state index contributed by atoms with van der Waals surface area (Å²) in [6.45, 7) is 6.48. The maximum absolute atomic E-state index is 5.26. The van der Waals surface area contributed by atoms with Crippen LogP contribution >= 0.6 is 0 Å². The molecule has 2 fully saturated rings. The second kappa shape index (κ2) is 4.04. The van der Waals surface area contributed by atoms with Crippen LogP contribution in [0.4, 0.5) is 0 Å². The molecule has 2 saturated heterocycles. The lowest BCUT2D eigenvalue weighted by atomic mass is 10.1. The molecule has 0 bridgehead atoms. The minimum Gasteiger partial charge on any atom is -0.379 e. The van der Waals surface area contributed by atoms with Crippen LogP contribution in [0, 0.1) is 0 Å². The van der Waals surface area contributed by atoms with Crippen molar-refractivity contribution >= 4 is 0 Å². The van der Waals surface area contributed by atoms with Crippen LogP contribution in [0.15, 0.2) is 0 Å². The SMILES string of the molecule is C.C1CN(C2CNC2)CCO1. The molecule has 0 saturated carbocycles. The van der Waals surface area contributed by atoms with Gasteiger partial charge in [-0.1, -0.05) is 7.43 Å². The highest BCUT2D eigenvalue weighted by Gasteiger charge is 2.25. The number of hydrogen-bond donors (Lipinski definition) is 1. The Morgan fingerprint density at radius 1 is 1.18 bits per heavy atom. The molecule has 11 heavy (non-hydrogen) atoms. The molecule has 2 rings (SSSR count). The highest BCUT2D eigenvalue weighted by atomic mass is 16.5. The van der Waals surface area contributed by atoms with Gasteiger partial charge in [-0.15, -0.1) is 0 Å². The maximum atomic E-state index is 5.26. The van der Waals surface area contributed by atoms with Crippen LogP contribution < -0.4 is 5.32 Å². The highest BCUT2D eigenvalue weighted by Crippen LogP contribution is 2.06. The van der Waals surface area contributed by atoms with E-state index >= 15 is 0 Å². The molecule has 0 aromatic heterocycles. The Bertz CT molecular complexity index is 109. The third kappa shape index (κ3) is 1.92. The van der Waals surface area contributed by atoms with E-state index in [1.165, 1.54) is 13.1 Å². The van der Waals surface area contributed by atoms with Gasteiger partial charge in [0, 0.05) is 32.2 Å². The molecule has 0 aliphatic carbocycles. The Morgan fingerprint density at radius 3 is 2.27 bits per heavy atom. The zero-order valence-electron chi connectivity index (χ0n) is 6.18. The summed E-state index contributed by atoms with van der Waals surface area (Å²) in [5, 5.41) is 3.28. The topological polar surface area (TPSA) is 24.5 Å². The van der Waals surface area contributed by atoms with Gasteiger partial charge in [0.1, 0.15) is 0 Å². The second-order valence-corrected chi connectivity index (χ2v) is 2.96. The van der Waals surface area contributed by atoms with Gasteiger partial charge in [-0.25, -0.2) is 0 Å². The number of rotatable bonds is 1. The average Bonchev–Trinajstić information content (AvgIpc) is 1.86. The lowest BCUT2D eigenvalue weighted by molar-refractivity contribution is 0.00509. The van der Waals surface area contributed by atoms with Gasteiger partial charge in [0.2, 0.25) is 0 Å². The van der Waals surface area contributed by atoms with Crippen molar-refractivity contribution in [3.05, 3.63) is 0 Å². The van der Waals surface area contributed by atoms with Crippen LogP contribution in [0.2, 0.25) is 0 Å². The molecule has 66 valence electrons. The summed E-state index contributed by atoms with van der Waals surface area (Å²) in [6, 6.07) is 0.809. The van der Waals surface area contributed by atoms with E-state index in [-0.39, 0.29) is 7.43 Å². The van der Waals surface area contributed by atoms with E-state index in [1.807, 2.05) is 0 Å². The van der Waals surface area contributed by atoms with Crippen molar-refractivity contribution in [2.45, 2.75) is 13.5 Å². The number of hydrogen-bond acceptors (Lipinski definition) is 3. The first kappa shape index (κ1) is 8.97. The predicted octanol–water partition coefficient (Wildman–Crippen LogP) is -0.0735. The van der Waals surface area contributed by atoms with Crippen LogP contribution in [-0.4, -0.2) is 50.3 Å². The molecule has 3 nitrogen and oxygen atoms in total. The van der Waals surface area contributed by atoms with Crippen LogP contribution in [0.25, 0.3) is 0 Å². The molecule has 0 amide bonds. The summed E-state index contributed by atoms with van der Waals surface area (Å²) in [4.78, 5) is 2.51. The van der Waals surface area contributed by atoms with Gasteiger partial charge in [-0.05, 0) is 0 Å². The minimum atomic E-state index is 0. The lowest BCUT2D eigenvalue weighted by Gasteiger charge is -2.40. The third-order valence-electron chi connectivity index (χ3n) is 2.32. The summed E-state index contributed by atoms with van der Waals surface area (Å²) in [6.07, 6.45) is 0. The average molecular weight is 158 g/mol. The van der Waals surface area contributed by atoms with E-state index in [9.17, 15) is 0 Å². The fourth-order valence-electron chi connectivity index (χ4n) is 1.47. The number of morpholine rings is 1. The quantitative estimate of drug-likeness (QED) is 0.578. The Labute approximate surface area is 68.7 Å². The molecule has 2 aliphatic rings. The van der Waals surface area contributed by atoms with Crippen molar-refractivity contribution in [2.75, 3.05) is 39.4 Å². The summed E-state index contributed by atoms with van der Waals surface area (Å²) in [7, 11) is 0. The normalized spacial score (nSPS) is 27.3. The molecular weight excluding hydrogens is 140 g/mol.